The van der Waals surface area contributed by atoms with Gasteiger partial charge in [0.2, 0.25) is 0 Å². The number of halogens is 3. The van der Waals surface area contributed by atoms with Crippen LogP contribution in [0.15, 0.2) is 42.5 Å². The van der Waals surface area contributed by atoms with Crippen molar-refractivity contribution in [3.63, 3.8) is 0 Å². The summed E-state index contributed by atoms with van der Waals surface area (Å²) in [6.07, 6.45) is 2.93. The fraction of sp³-hybridized carbons (Fsp3) is 0.424. The quantitative estimate of drug-likeness (QED) is 0.291. The fourth-order valence-corrected chi connectivity index (χ4v) is 7.10. The predicted octanol–water partition coefficient (Wildman–Crippen LogP) is 5.74. The molecule has 2 aliphatic carbocycles. The number of aryl methyl sites for hydroxylation is 1. The van der Waals surface area contributed by atoms with Crippen LogP contribution in [0.3, 0.4) is 0 Å². The molecule has 0 spiro atoms. The van der Waals surface area contributed by atoms with E-state index < -0.39 is 34.8 Å². The number of benzene rings is 3. The zero-order chi connectivity index (χ0) is 29.8. The van der Waals surface area contributed by atoms with Crippen molar-refractivity contribution in [2.45, 2.75) is 75.2 Å². The van der Waals surface area contributed by atoms with Gasteiger partial charge in [0.05, 0.1) is 22.3 Å². The summed E-state index contributed by atoms with van der Waals surface area (Å²) in [5.74, 6) is -1.87. The van der Waals surface area contributed by atoms with Crippen molar-refractivity contribution in [3.8, 4) is 16.9 Å². The van der Waals surface area contributed by atoms with Crippen LogP contribution in [0.1, 0.15) is 77.7 Å². The Balaban J connectivity index is 1.47. The molecule has 0 bridgehead atoms. The van der Waals surface area contributed by atoms with Gasteiger partial charge in [0.15, 0.2) is 5.60 Å². The number of nitrogens with one attached hydrogen (secondary N) is 2. The second kappa shape index (κ2) is 10.9. The summed E-state index contributed by atoms with van der Waals surface area (Å²) < 4.78 is 38.5. The molecule has 6 rings (SSSR count). The van der Waals surface area contributed by atoms with E-state index in [9.17, 15) is 15.0 Å². The first-order valence-corrected chi connectivity index (χ1v) is 14.9. The molecule has 1 unspecified atom stereocenters. The molecule has 3 aromatic carbocycles. The van der Waals surface area contributed by atoms with E-state index >= 15 is 8.78 Å². The molecule has 3 aromatic rings. The number of carbonyl (C=O) groups is 1. The third-order valence-corrected chi connectivity index (χ3v) is 9.59. The fourth-order valence-electron chi connectivity index (χ4n) is 6.84. The first kappa shape index (κ1) is 29.1. The Bertz CT molecular complexity index is 1540. The van der Waals surface area contributed by atoms with Crippen molar-refractivity contribution in [2.75, 3.05) is 13.6 Å². The Morgan fingerprint density at radius 2 is 1.83 bits per heavy atom. The highest BCUT2D eigenvalue weighted by molar-refractivity contribution is 6.34. The van der Waals surface area contributed by atoms with Crippen molar-refractivity contribution in [3.05, 3.63) is 86.9 Å². The minimum atomic E-state index is -1.03. The lowest BCUT2D eigenvalue weighted by atomic mass is 9.82. The van der Waals surface area contributed by atoms with E-state index in [1.54, 1.807) is 6.07 Å². The minimum Gasteiger partial charge on any atom is -0.480 e. The summed E-state index contributed by atoms with van der Waals surface area (Å²) >= 11 is 6.62. The van der Waals surface area contributed by atoms with Gasteiger partial charge in [-0.25, -0.2) is 8.78 Å². The zero-order valence-corrected chi connectivity index (χ0v) is 24.5. The largest absolute Gasteiger partial charge is 0.480 e. The molecule has 0 saturated heterocycles. The Morgan fingerprint density at radius 1 is 1.12 bits per heavy atom. The van der Waals surface area contributed by atoms with Gasteiger partial charge >= 0.3 is 0 Å². The number of hydrogen-bond acceptors (Lipinski definition) is 5. The number of amides is 1. The van der Waals surface area contributed by atoms with E-state index in [4.69, 9.17) is 16.3 Å². The Kier molecular flexibility index (Phi) is 7.54. The molecule has 42 heavy (non-hydrogen) atoms. The summed E-state index contributed by atoms with van der Waals surface area (Å²) in [6.45, 7) is 2.24. The van der Waals surface area contributed by atoms with E-state index in [1.165, 1.54) is 13.1 Å². The number of rotatable bonds is 6. The van der Waals surface area contributed by atoms with Gasteiger partial charge in [0.25, 0.3) is 5.91 Å². The Morgan fingerprint density at radius 3 is 2.52 bits per heavy atom. The first-order chi connectivity index (χ1) is 20.0. The number of aliphatic hydroxyl groups is 2. The molecule has 0 radical (unpaired) electrons. The molecule has 1 aliphatic heterocycles. The summed E-state index contributed by atoms with van der Waals surface area (Å²) in [7, 11) is 1.45. The van der Waals surface area contributed by atoms with Crippen molar-refractivity contribution in [1.82, 2.24) is 10.6 Å². The number of carbonyl (C=O) groups excluding carboxylic acids is 1. The molecule has 4 N–H and O–H groups in total. The Labute approximate surface area is 249 Å². The number of hydrogen-bond donors (Lipinski definition) is 4. The van der Waals surface area contributed by atoms with Crippen LogP contribution in [-0.4, -0.2) is 41.4 Å². The van der Waals surface area contributed by atoms with Gasteiger partial charge in [-0.2, -0.15) is 0 Å². The molecule has 6 nitrogen and oxygen atoms in total. The number of ether oxygens (including phenoxy) is 1. The molecule has 1 heterocycles. The first-order valence-electron chi connectivity index (χ1n) is 14.5. The minimum absolute atomic E-state index is 0.0298. The molecular weight excluding hydrogens is 562 g/mol. The lowest BCUT2D eigenvalue weighted by molar-refractivity contribution is 0.0104. The summed E-state index contributed by atoms with van der Waals surface area (Å²) in [6, 6.07) is 12.6. The monoisotopic (exact) mass is 596 g/mol. The van der Waals surface area contributed by atoms with Crippen LogP contribution < -0.4 is 15.4 Å². The van der Waals surface area contributed by atoms with Crippen molar-refractivity contribution >= 4 is 17.5 Å². The highest BCUT2D eigenvalue weighted by Gasteiger charge is 2.45. The van der Waals surface area contributed by atoms with Crippen LogP contribution in [0.2, 0.25) is 5.02 Å². The van der Waals surface area contributed by atoms with Gasteiger partial charge in [0.1, 0.15) is 17.4 Å². The van der Waals surface area contributed by atoms with Crippen molar-refractivity contribution in [1.29, 1.82) is 0 Å². The molecular formula is C33H35ClF2N2O4. The third kappa shape index (κ3) is 4.98. The van der Waals surface area contributed by atoms with Crippen LogP contribution in [0, 0.1) is 11.6 Å². The molecule has 3 aliphatic rings. The van der Waals surface area contributed by atoms with E-state index in [-0.39, 0.29) is 45.5 Å². The van der Waals surface area contributed by atoms with Gasteiger partial charge in [-0.3, -0.25) is 4.79 Å². The number of aliphatic hydroxyl groups excluding tert-OH is 1. The highest BCUT2D eigenvalue weighted by atomic mass is 35.5. The van der Waals surface area contributed by atoms with Gasteiger partial charge in [-0.15, -0.1) is 0 Å². The molecule has 1 amide bonds. The van der Waals surface area contributed by atoms with Gasteiger partial charge in [-0.1, -0.05) is 41.9 Å². The molecule has 9 heteroatoms. The van der Waals surface area contributed by atoms with E-state index in [2.05, 4.69) is 10.6 Å². The topological polar surface area (TPSA) is 90.8 Å². The Hall–Kier alpha value is -3.04. The van der Waals surface area contributed by atoms with E-state index in [0.29, 0.717) is 43.4 Å². The molecule has 1 saturated carbocycles. The van der Waals surface area contributed by atoms with Crippen molar-refractivity contribution in [2.24, 2.45) is 0 Å². The molecule has 2 atom stereocenters. The van der Waals surface area contributed by atoms with E-state index in [1.807, 2.05) is 37.3 Å². The highest BCUT2D eigenvalue weighted by Crippen LogP contribution is 2.51. The molecule has 222 valence electrons. The van der Waals surface area contributed by atoms with Crippen molar-refractivity contribution < 1.29 is 28.5 Å². The lowest BCUT2D eigenvalue weighted by Gasteiger charge is -2.36. The zero-order valence-electron chi connectivity index (χ0n) is 23.7. The molecule has 0 aromatic heterocycles. The summed E-state index contributed by atoms with van der Waals surface area (Å²) in [5, 5.41) is 26.9. The van der Waals surface area contributed by atoms with Gasteiger partial charge in [0, 0.05) is 54.4 Å². The standard InChI is InChI=1S/C33H35ClF2N2O4/c1-32(41)12-10-20(11-13-32)38-17-33(19-6-4-3-5-7-19)16-22-25(42-33)15-23(35)29(34)27(22)28-21(31(40)37-2)14-18-8-9-24(39)26(18)30(28)36/h3-7,14-15,20,24,38-39,41H,8-13,16-17H2,1-2H3,(H,37,40)/t20?,24?,32?,33-/m1/s1. The average Bonchev–Trinajstić information content (AvgIpc) is 3.54. The van der Waals surface area contributed by atoms with Gasteiger partial charge < -0.3 is 25.6 Å². The second-order valence-electron chi connectivity index (χ2n) is 12.1. The van der Waals surface area contributed by atoms with Crippen LogP contribution in [0.5, 0.6) is 5.75 Å². The van der Waals surface area contributed by atoms with Crippen LogP contribution in [-0.2, 0) is 18.4 Å². The normalized spacial score (nSPS) is 26.5. The lowest BCUT2D eigenvalue weighted by Crippen LogP contribution is -2.48. The maximum atomic E-state index is 16.4. The summed E-state index contributed by atoms with van der Waals surface area (Å²) in [5.41, 5.74) is 0.351. The van der Waals surface area contributed by atoms with Crippen LogP contribution >= 0.6 is 11.6 Å². The van der Waals surface area contributed by atoms with Crippen LogP contribution in [0.4, 0.5) is 8.78 Å². The SMILES string of the molecule is CNC(=O)c1cc2c(c(F)c1-c1c(Cl)c(F)cc3c1C[C@@](CNC1CCC(C)(O)CC1)(c1ccccc1)O3)C(O)CC2. The maximum absolute atomic E-state index is 16.4. The van der Waals surface area contributed by atoms with Gasteiger partial charge in [-0.05, 0) is 62.6 Å². The average molecular weight is 597 g/mol. The summed E-state index contributed by atoms with van der Waals surface area (Å²) in [4.78, 5) is 13.1. The van der Waals surface area contributed by atoms with E-state index in [0.717, 1.165) is 18.4 Å². The second-order valence-corrected chi connectivity index (χ2v) is 12.5. The predicted molar refractivity (Wildman–Crippen MR) is 157 cm³/mol. The number of fused-ring (bicyclic) bond motifs is 2. The third-order valence-electron chi connectivity index (χ3n) is 9.22. The van der Waals surface area contributed by atoms with Crippen LogP contribution in [0.25, 0.3) is 11.1 Å². The smallest absolute Gasteiger partial charge is 0.251 e. The molecule has 1 fully saturated rings. The maximum Gasteiger partial charge on any atom is 0.251 e.